The zero-order valence-electron chi connectivity index (χ0n) is 8.36. The molecule has 0 spiro atoms. The molecule has 1 aromatic rings. The number of likely N-dealkylation sites (N-methyl/N-ethyl adjacent to an activating group) is 1. The van der Waals surface area contributed by atoms with Gasteiger partial charge in [-0.2, -0.15) is 0 Å². The van der Waals surface area contributed by atoms with E-state index in [9.17, 15) is 0 Å². The van der Waals surface area contributed by atoms with Gasteiger partial charge in [-0.15, -0.1) is 35.3 Å². The number of hydrogen-bond donors (Lipinski definition) is 1. The number of nitrogens with zero attached hydrogens (tertiary/aromatic N) is 2. The Labute approximate surface area is 119 Å². The van der Waals surface area contributed by atoms with Gasteiger partial charge in [-0.1, -0.05) is 0 Å². The molecule has 2 heterocycles. The zero-order chi connectivity index (χ0) is 9.97. The van der Waals surface area contributed by atoms with Gasteiger partial charge in [0.2, 0.25) is 0 Å². The standard InChI is InChI=1S/C9H12BrN3S.HI/c1-13-3-2-11-9(13)12-5-7-4-8(10)14-6-7;/h4,6H,2-3,5H2,1H3,(H,11,12);1H. The van der Waals surface area contributed by atoms with Gasteiger partial charge in [-0.25, -0.2) is 0 Å². The Morgan fingerprint density at radius 3 is 3.00 bits per heavy atom. The Morgan fingerprint density at radius 2 is 2.47 bits per heavy atom. The Balaban J connectivity index is 0.00000112. The van der Waals surface area contributed by atoms with E-state index in [-0.39, 0.29) is 24.0 Å². The topological polar surface area (TPSA) is 27.6 Å². The van der Waals surface area contributed by atoms with Crippen molar-refractivity contribution in [2.45, 2.75) is 6.54 Å². The highest BCUT2D eigenvalue weighted by Crippen LogP contribution is 2.20. The average molecular weight is 402 g/mol. The smallest absolute Gasteiger partial charge is 0.194 e. The van der Waals surface area contributed by atoms with E-state index in [4.69, 9.17) is 0 Å². The first-order valence-electron chi connectivity index (χ1n) is 4.48. The average Bonchev–Trinajstić information content (AvgIpc) is 2.72. The second-order valence-corrected chi connectivity index (χ2v) is 5.53. The van der Waals surface area contributed by atoms with Crippen molar-refractivity contribution in [2.24, 2.45) is 4.99 Å². The van der Waals surface area contributed by atoms with Crippen LogP contribution in [0, 0.1) is 0 Å². The summed E-state index contributed by atoms with van der Waals surface area (Å²) in [5, 5.41) is 5.47. The van der Waals surface area contributed by atoms with E-state index in [0.717, 1.165) is 25.6 Å². The minimum atomic E-state index is 0. The molecule has 0 saturated heterocycles. The normalized spacial score (nSPS) is 14.8. The summed E-state index contributed by atoms with van der Waals surface area (Å²) in [7, 11) is 2.06. The van der Waals surface area contributed by atoms with Crippen molar-refractivity contribution in [1.82, 2.24) is 10.2 Å². The van der Waals surface area contributed by atoms with Crippen molar-refractivity contribution in [3.8, 4) is 0 Å². The molecule has 0 radical (unpaired) electrons. The fraction of sp³-hybridized carbons (Fsp3) is 0.444. The number of aliphatic imine (C=N–C) groups is 1. The van der Waals surface area contributed by atoms with E-state index >= 15 is 0 Å². The Kier molecular flexibility index (Phi) is 5.34. The summed E-state index contributed by atoms with van der Waals surface area (Å²) in [6.07, 6.45) is 0. The van der Waals surface area contributed by atoms with Crippen LogP contribution in [0.3, 0.4) is 0 Å². The summed E-state index contributed by atoms with van der Waals surface area (Å²) >= 11 is 5.16. The van der Waals surface area contributed by atoms with Crippen molar-refractivity contribution >= 4 is 57.2 Å². The quantitative estimate of drug-likeness (QED) is 0.771. The van der Waals surface area contributed by atoms with Crippen LogP contribution in [0.4, 0.5) is 0 Å². The molecule has 1 N–H and O–H groups in total. The van der Waals surface area contributed by atoms with Crippen molar-refractivity contribution in [3.05, 3.63) is 20.8 Å². The van der Waals surface area contributed by atoms with Crippen LogP contribution in [-0.2, 0) is 6.54 Å². The lowest BCUT2D eigenvalue weighted by Gasteiger charge is -2.14. The summed E-state index contributed by atoms with van der Waals surface area (Å²) in [4.78, 5) is 6.50. The molecular weight excluding hydrogens is 389 g/mol. The van der Waals surface area contributed by atoms with Crippen molar-refractivity contribution in [3.63, 3.8) is 0 Å². The van der Waals surface area contributed by atoms with Crippen LogP contribution in [0.5, 0.6) is 0 Å². The monoisotopic (exact) mass is 401 g/mol. The Hall–Kier alpha value is 0.180. The molecule has 1 aliphatic heterocycles. The van der Waals surface area contributed by atoms with Gasteiger partial charge in [0.15, 0.2) is 5.96 Å². The Bertz CT molecular complexity index is 353. The third-order valence-electron chi connectivity index (χ3n) is 2.13. The number of thiophene rings is 1. The summed E-state index contributed by atoms with van der Waals surface area (Å²) < 4.78 is 1.18. The number of guanidine groups is 1. The predicted molar refractivity (Wildman–Crippen MR) is 79.2 cm³/mol. The summed E-state index contributed by atoms with van der Waals surface area (Å²) in [6.45, 7) is 2.78. The zero-order valence-corrected chi connectivity index (χ0v) is 13.1. The lowest BCUT2D eigenvalue weighted by atomic mass is 10.3. The van der Waals surface area contributed by atoms with Crippen LogP contribution in [0.1, 0.15) is 5.56 Å². The van der Waals surface area contributed by atoms with Gasteiger partial charge in [0.1, 0.15) is 0 Å². The maximum Gasteiger partial charge on any atom is 0.194 e. The van der Waals surface area contributed by atoms with Crippen molar-refractivity contribution < 1.29 is 0 Å². The van der Waals surface area contributed by atoms with Gasteiger partial charge in [-0.05, 0) is 32.9 Å². The highest BCUT2D eigenvalue weighted by Gasteiger charge is 2.11. The molecule has 84 valence electrons. The molecule has 0 fully saturated rings. The minimum absolute atomic E-state index is 0. The molecule has 0 unspecified atom stereocenters. The fourth-order valence-corrected chi connectivity index (χ4v) is 2.55. The first kappa shape index (κ1) is 13.2. The number of rotatable bonds is 2. The third-order valence-corrected chi connectivity index (χ3v) is 3.68. The van der Waals surface area contributed by atoms with Gasteiger partial charge in [0.05, 0.1) is 10.3 Å². The van der Waals surface area contributed by atoms with Gasteiger partial charge in [0.25, 0.3) is 0 Å². The van der Waals surface area contributed by atoms with Gasteiger partial charge < -0.3 is 10.2 Å². The van der Waals surface area contributed by atoms with E-state index in [0.29, 0.717) is 0 Å². The molecule has 1 aliphatic rings. The maximum absolute atomic E-state index is 4.36. The van der Waals surface area contributed by atoms with Gasteiger partial charge in [-0.3, -0.25) is 4.99 Å². The highest BCUT2D eigenvalue weighted by atomic mass is 127. The molecule has 6 heteroatoms. The number of nitrogens with one attached hydrogen (secondary N) is 1. The van der Waals surface area contributed by atoms with Crippen LogP contribution in [0.25, 0.3) is 0 Å². The molecule has 0 aromatic carbocycles. The van der Waals surface area contributed by atoms with E-state index in [1.165, 1.54) is 9.35 Å². The van der Waals surface area contributed by atoms with E-state index in [1.54, 1.807) is 11.3 Å². The molecule has 0 aliphatic carbocycles. The lowest BCUT2D eigenvalue weighted by Crippen LogP contribution is -2.34. The summed E-state index contributed by atoms with van der Waals surface area (Å²) in [5.74, 6) is 1.01. The van der Waals surface area contributed by atoms with E-state index in [2.05, 4.69) is 49.6 Å². The SMILES string of the molecule is CN1CCN=C1NCc1csc(Br)c1.I. The molecule has 0 bridgehead atoms. The van der Waals surface area contributed by atoms with E-state index in [1.807, 2.05) is 0 Å². The van der Waals surface area contributed by atoms with Gasteiger partial charge in [0, 0.05) is 20.1 Å². The van der Waals surface area contributed by atoms with Crippen LogP contribution in [-0.4, -0.2) is 31.0 Å². The molecule has 3 nitrogen and oxygen atoms in total. The second kappa shape index (κ2) is 6.05. The molecule has 2 rings (SSSR count). The first-order chi connectivity index (χ1) is 6.75. The number of halogens is 2. The van der Waals surface area contributed by atoms with Crippen molar-refractivity contribution in [1.29, 1.82) is 0 Å². The third kappa shape index (κ3) is 3.60. The molecule has 15 heavy (non-hydrogen) atoms. The largest absolute Gasteiger partial charge is 0.352 e. The van der Waals surface area contributed by atoms with E-state index < -0.39 is 0 Å². The summed E-state index contributed by atoms with van der Waals surface area (Å²) in [6, 6.07) is 2.13. The lowest BCUT2D eigenvalue weighted by molar-refractivity contribution is 0.534. The highest BCUT2D eigenvalue weighted by molar-refractivity contribution is 14.0. The molecule has 0 saturated carbocycles. The first-order valence-corrected chi connectivity index (χ1v) is 6.15. The van der Waals surface area contributed by atoms with Crippen LogP contribution in [0.15, 0.2) is 20.2 Å². The van der Waals surface area contributed by atoms with Gasteiger partial charge >= 0.3 is 0 Å². The molecule has 0 atom stereocenters. The summed E-state index contributed by atoms with van der Waals surface area (Å²) in [5.41, 5.74) is 1.30. The molecular formula is C9H13BrIN3S. The van der Waals surface area contributed by atoms with Crippen LogP contribution < -0.4 is 5.32 Å². The Morgan fingerprint density at radius 1 is 1.67 bits per heavy atom. The van der Waals surface area contributed by atoms with Crippen molar-refractivity contribution in [2.75, 3.05) is 20.1 Å². The second-order valence-electron chi connectivity index (χ2n) is 3.24. The minimum Gasteiger partial charge on any atom is -0.352 e. The predicted octanol–water partition coefficient (Wildman–Crippen LogP) is 2.52. The molecule has 1 aromatic heterocycles. The maximum atomic E-state index is 4.36. The number of hydrogen-bond acceptors (Lipinski definition) is 4. The fourth-order valence-electron chi connectivity index (χ4n) is 1.34. The van der Waals surface area contributed by atoms with Crippen LogP contribution >= 0.6 is 51.2 Å². The van der Waals surface area contributed by atoms with Crippen LogP contribution in [0.2, 0.25) is 0 Å². The molecule has 0 amide bonds.